The number of carbonyl (C=O) groups is 2. The molecule has 5 nitrogen and oxygen atoms in total. The number of amidine groups is 1. The van der Waals surface area contributed by atoms with Crippen LogP contribution < -0.4 is 11.1 Å². The Morgan fingerprint density at radius 2 is 2.00 bits per heavy atom. The molecule has 2 amide bonds. The van der Waals surface area contributed by atoms with Gasteiger partial charge in [-0.05, 0) is 30.5 Å². The Hall–Kier alpha value is -1.53. The Morgan fingerprint density at radius 1 is 1.33 bits per heavy atom. The van der Waals surface area contributed by atoms with Crippen molar-refractivity contribution in [3.8, 4) is 0 Å². The second kappa shape index (κ2) is 6.07. The molecule has 1 aliphatic heterocycles. The molecule has 0 fully saturated rings. The standard InChI is InChI=1S/C15H18BrN3O2/c1-3-15(17,4-2)14-18-12(20)11(13(21)19-14)9-6-5-7-10(16)8-9/h5-8,11H,3-4,17H2,1-2H3,(H,18,19,20,21). The van der Waals surface area contributed by atoms with Crippen molar-refractivity contribution in [3.63, 3.8) is 0 Å². The molecule has 0 radical (unpaired) electrons. The largest absolute Gasteiger partial charge is 0.319 e. The highest BCUT2D eigenvalue weighted by molar-refractivity contribution is 9.10. The summed E-state index contributed by atoms with van der Waals surface area (Å²) in [4.78, 5) is 28.6. The predicted octanol–water partition coefficient (Wildman–Crippen LogP) is 2.11. The van der Waals surface area contributed by atoms with Gasteiger partial charge in [-0.1, -0.05) is 41.9 Å². The van der Waals surface area contributed by atoms with E-state index in [0.29, 0.717) is 18.4 Å². The fourth-order valence-corrected chi connectivity index (χ4v) is 2.72. The zero-order valence-electron chi connectivity index (χ0n) is 12.0. The van der Waals surface area contributed by atoms with Gasteiger partial charge in [0.1, 0.15) is 11.8 Å². The number of aliphatic imine (C=N–C) groups is 1. The van der Waals surface area contributed by atoms with Gasteiger partial charge in [-0.2, -0.15) is 4.99 Å². The molecule has 0 aromatic heterocycles. The number of benzene rings is 1. The predicted molar refractivity (Wildman–Crippen MR) is 85.0 cm³/mol. The molecule has 1 heterocycles. The Morgan fingerprint density at radius 3 is 2.52 bits per heavy atom. The van der Waals surface area contributed by atoms with Crippen molar-refractivity contribution < 1.29 is 9.59 Å². The first kappa shape index (κ1) is 15.9. The van der Waals surface area contributed by atoms with E-state index in [9.17, 15) is 9.59 Å². The molecule has 0 spiro atoms. The summed E-state index contributed by atoms with van der Waals surface area (Å²) in [5.41, 5.74) is 6.04. The lowest BCUT2D eigenvalue weighted by atomic mass is 9.89. The number of amides is 2. The maximum Gasteiger partial charge on any atom is 0.264 e. The molecule has 3 N–H and O–H groups in total. The van der Waals surface area contributed by atoms with E-state index >= 15 is 0 Å². The highest BCUT2D eigenvalue weighted by Gasteiger charge is 2.39. The van der Waals surface area contributed by atoms with Gasteiger partial charge in [-0.15, -0.1) is 0 Å². The number of nitrogens with zero attached hydrogens (tertiary/aromatic N) is 1. The number of nitrogens with one attached hydrogen (secondary N) is 1. The van der Waals surface area contributed by atoms with Gasteiger partial charge < -0.3 is 11.1 Å². The second-order valence-corrected chi connectivity index (χ2v) is 6.05. The topological polar surface area (TPSA) is 84.5 Å². The molecule has 1 aromatic carbocycles. The summed E-state index contributed by atoms with van der Waals surface area (Å²) in [5, 5.41) is 2.71. The molecule has 1 aliphatic rings. The van der Waals surface area contributed by atoms with E-state index in [4.69, 9.17) is 5.73 Å². The Bertz CT molecular complexity index is 609. The fourth-order valence-electron chi connectivity index (χ4n) is 2.30. The highest BCUT2D eigenvalue weighted by Crippen LogP contribution is 2.25. The molecule has 0 saturated carbocycles. The molecule has 1 aromatic rings. The van der Waals surface area contributed by atoms with Crippen LogP contribution in [0.25, 0.3) is 0 Å². The third-order valence-corrected chi connectivity index (χ3v) is 4.38. The van der Waals surface area contributed by atoms with E-state index in [1.165, 1.54) is 0 Å². The average Bonchev–Trinajstić information content (AvgIpc) is 2.45. The fraction of sp³-hybridized carbons (Fsp3) is 0.400. The minimum atomic E-state index is -0.913. The van der Waals surface area contributed by atoms with Crippen molar-refractivity contribution in [2.45, 2.75) is 38.1 Å². The minimum Gasteiger partial charge on any atom is -0.319 e. The minimum absolute atomic E-state index is 0.272. The summed E-state index contributed by atoms with van der Waals surface area (Å²) in [6.07, 6.45) is 1.19. The number of nitrogens with two attached hydrogens (primary N) is 1. The van der Waals surface area contributed by atoms with Gasteiger partial charge in [0.25, 0.3) is 5.91 Å². The first-order chi connectivity index (χ1) is 9.91. The van der Waals surface area contributed by atoms with Crippen LogP contribution in [0, 0.1) is 0 Å². The van der Waals surface area contributed by atoms with Crippen molar-refractivity contribution >= 4 is 33.6 Å². The van der Waals surface area contributed by atoms with Gasteiger partial charge in [0.2, 0.25) is 5.91 Å². The van der Waals surface area contributed by atoms with Crippen molar-refractivity contribution in [3.05, 3.63) is 34.3 Å². The first-order valence-electron chi connectivity index (χ1n) is 6.89. The monoisotopic (exact) mass is 351 g/mol. The molecule has 1 unspecified atom stereocenters. The number of hydrogen-bond donors (Lipinski definition) is 2. The van der Waals surface area contributed by atoms with Gasteiger partial charge in [0, 0.05) is 4.47 Å². The summed E-state index contributed by atoms with van der Waals surface area (Å²) in [5.74, 6) is -1.48. The van der Waals surface area contributed by atoms with Crippen molar-refractivity contribution in [1.29, 1.82) is 0 Å². The number of carbonyl (C=O) groups excluding carboxylic acids is 2. The normalized spacial score (nSPS) is 19.2. The van der Waals surface area contributed by atoms with Crippen LogP contribution in [-0.2, 0) is 9.59 Å². The van der Waals surface area contributed by atoms with E-state index in [0.717, 1.165) is 4.47 Å². The van der Waals surface area contributed by atoms with Crippen LogP contribution in [0.1, 0.15) is 38.2 Å². The maximum atomic E-state index is 12.3. The number of rotatable bonds is 4. The maximum absolute atomic E-state index is 12.3. The third-order valence-electron chi connectivity index (χ3n) is 3.89. The van der Waals surface area contributed by atoms with Crippen LogP contribution in [0.3, 0.4) is 0 Å². The molecule has 1 atom stereocenters. The third kappa shape index (κ3) is 3.06. The van der Waals surface area contributed by atoms with E-state index in [1.807, 2.05) is 19.9 Å². The lowest BCUT2D eigenvalue weighted by Crippen LogP contribution is -2.58. The van der Waals surface area contributed by atoms with Crippen LogP contribution in [0.4, 0.5) is 0 Å². The number of hydrogen-bond acceptors (Lipinski definition) is 3. The van der Waals surface area contributed by atoms with E-state index in [-0.39, 0.29) is 11.7 Å². The van der Waals surface area contributed by atoms with Gasteiger partial charge in [0.05, 0.1) is 5.54 Å². The number of halogens is 1. The first-order valence-corrected chi connectivity index (χ1v) is 7.68. The lowest BCUT2D eigenvalue weighted by molar-refractivity contribution is -0.130. The molecule has 112 valence electrons. The summed E-state index contributed by atoms with van der Waals surface area (Å²) < 4.78 is 0.811. The van der Waals surface area contributed by atoms with Gasteiger partial charge in [-0.25, -0.2) is 0 Å². The summed E-state index contributed by atoms with van der Waals surface area (Å²) in [6.45, 7) is 3.81. The molecule has 6 heteroatoms. The quantitative estimate of drug-likeness (QED) is 0.814. The highest BCUT2D eigenvalue weighted by atomic mass is 79.9. The van der Waals surface area contributed by atoms with E-state index in [1.54, 1.807) is 18.2 Å². The summed E-state index contributed by atoms with van der Waals surface area (Å²) in [7, 11) is 0. The summed E-state index contributed by atoms with van der Waals surface area (Å²) >= 11 is 3.34. The zero-order valence-corrected chi connectivity index (χ0v) is 13.6. The average molecular weight is 352 g/mol. The van der Waals surface area contributed by atoms with Gasteiger partial charge in [0.15, 0.2) is 0 Å². The smallest absolute Gasteiger partial charge is 0.264 e. The molecular formula is C15H18BrN3O2. The SMILES string of the molecule is CCC(N)(CC)C1=NC(=O)C(c2cccc(Br)c2)C(=O)N1. The van der Waals surface area contributed by atoms with Crippen molar-refractivity contribution in [2.75, 3.05) is 0 Å². The van der Waals surface area contributed by atoms with Crippen molar-refractivity contribution in [1.82, 2.24) is 5.32 Å². The Kier molecular flexibility index (Phi) is 4.58. The molecular weight excluding hydrogens is 334 g/mol. The Balaban J connectivity index is 2.37. The van der Waals surface area contributed by atoms with Crippen LogP contribution in [-0.4, -0.2) is 23.2 Å². The zero-order chi connectivity index (χ0) is 15.6. The second-order valence-electron chi connectivity index (χ2n) is 5.14. The molecule has 2 rings (SSSR count). The lowest BCUT2D eigenvalue weighted by Gasteiger charge is -2.32. The molecule has 0 aliphatic carbocycles. The molecule has 21 heavy (non-hydrogen) atoms. The Labute approximate surface area is 132 Å². The van der Waals surface area contributed by atoms with Gasteiger partial charge >= 0.3 is 0 Å². The van der Waals surface area contributed by atoms with Crippen LogP contribution in [0.15, 0.2) is 33.7 Å². The summed E-state index contributed by atoms with van der Waals surface area (Å²) in [6, 6.07) is 7.10. The molecule has 0 saturated heterocycles. The molecule has 0 bridgehead atoms. The van der Waals surface area contributed by atoms with Crippen molar-refractivity contribution in [2.24, 2.45) is 10.7 Å². The van der Waals surface area contributed by atoms with Crippen LogP contribution in [0.2, 0.25) is 0 Å². The van der Waals surface area contributed by atoms with E-state index < -0.39 is 17.4 Å². The van der Waals surface area contributed by atoms with Crippen LogP contribution in [0.5, 0.6) is 0 Å². The van der Waals surface area contributed by atoms with Gasteiger partial charge in [-0.3, -0.25) is 9.59 Å². The van der Waals surface area contributed by atoms with E-state index in [2.05, 4.69) is 26.2 Å². The van der Waals surface area contributed by atoms with Crippen LogP contribution >= 0.6 is 15.9 Å².